The SMILES string of the molecule is CCc1ccc(Nc2ccc(C(=O)NCc3ccccn3)nn2)cc1. The summed E-state index contributed by atoms with van der Waals surface area (Å²) in [6.07, 6.45) is 2.69. The lowest BCUT2D eigenvalue weighted by molar-refractivity contribution is 0.0944. The molecule has 0 atom stereocenters. The molecule has 3 aromatic rings. The topological polar surface area (TPSA) is 79.8 Å². The van der Waals surface area contributed by atoms with Crippen LogP contribution in [0.4, 0.5) is 11.5 Å². The van der Waals surface area contributed by atoms with E-state index in [1.54, 1.807) is 18.3 Å². The van der Waals surface area contributed by atoms with E-state index in [0.717, 1.165) is 17.8 Å². The molecule has 2 N–H and O–H groups in total. The van der Waals surface area contributed by atoms with Gasteiger partial charge in [0.25, 0.3) is 5.91 Å². The molecule has 0 fully saturated rings. The Bertz CT molecular complexity index is 817. The molecule has 0 saturated heterocycles. The summed E-state index contributed by atoms with van der Waals surface area (Å²) in [6.45, 7) is 2.47. The van der Waals surface area contributed by atoms with E-state index in [1.807, 2.05) is 30.3 Å². The average Bonchev–Trinajstić information content (AvgIpc) is 2.68. The fourth-order valence-electron chi connectivity index (χ4n) is 2.26. The fraction of sp³-hybridized carbons (Fsp3) is 0.158. The summed E-state index contributed by atoms with van der Waals surface area (Å²) in [7, 11) is 0. The van der Waals surface area contributed by atoms with Gasteiger partial charge in [-0.3, -0.25) is 9.78 Å². The molecule has 0 aliphatic carbocycles. The van der Waals surface area contributed by atoms with Crippen LogP contribution in [0.1, 0.15) is 28.7 Å². The molecule has 6 heteroatoms. The summed E-state index contributed by atoms with van der Waals surface area (Å²) >= 11 is 0. The van der Waals surface area contributed by atoms with Gasteiger partial charge in [-0.05, 0) is 48.4 Å². The molecule has 0 spiro atoms. The van der Waals surface area contributed by atoms with Crippen LogP contribution in [0.15, 0.2) is 60.8 Å². The second-order valence-electron chi connectivity index (χ2n) is 5.48. The van der Waals surface area contributed by atoms with Gasteiger partial charge in [-0.2, -0.15) is 0 Å². The summed E-state index contributed by atoms with van der Waals surface area (Å²) in [5.41, 5.74) is 3.26. The number of carbonyl (C=O) groups excluding carboxylic acids is 1. The van der Waals surface area contributed by atoms with E-state index in [0.29, 0.717) is 12.4 Å². The van der Waals surface area contributed by atoms with E-state index in [2.05, 4.69) is 44.9 Å². The number of aromatic nitrogens is 3. The van der Waals surface area contributed by atoms with Crippen LogP contribution in [0.3, 0.4) is 0 Å². The van der Waals surface area contributed by atoms with Crippen LogP contribution in [-0.2, 0) is 13.0 Å². The maximum absolute atomic E-state index is 12.1. The molecule has 0 aliphatic heterocycles. The van der Waals surface area contributed by atoms with E-state index in [1.165, 1.54) is 5.56 Å². The first-order chi connectivity index (χ1) is 12.2. The third kappa shape index (κ3) is 4.60. The Balaban J connectivity index is 1.58. The Morgan fingerprint density at radius 3 is 2.48 bits per heavy atom. The minimum atomic E-state index is -0.281. The van der Waals surface area contributed by atoms with Crippen molar-refractivity contribution in [1.29, 1.82) is 0 Å². The minimum Gasteiger partial charge on any atom is -0.345 e. The van der Waals surface area contributed by atoms with Gasteiger partial charge in [-0.1, -0.05) is 25.1 Å². The number of hydrogen-bond acceptors (Lipinski definition) is 5. The van der Waals surface area contributed by atoms with Gasteiger partial charge in [-0.15, -0.1) is 10.2 Å². The molecule has 0 bridgehead atoms. The number of benzene rings is 1. The first-order valence-electron chi connectivity index (χ1n) is 8.12. The Hall–Kier alpha value is -3.28. The number of hydrogen-bond donors (Lipinski definition) is 2. The number of anilines is 2. The lowest BCUT2D eigenvalue weighted by Gasteiger charge is -2.07. The zero-order valence-corrected chi connectivity index (χ0v) is 13.9. The Kier molecular flexibility index (Phi) is 5.31. The fourth-order valence-corrected chi connectivity index (χ4v) is 2.26. The lowest BCUT2D eigenvalue weighted by Crippen LogP contribution is -2.24. The van der Waals surface area contributed by atoms with Gasteiger partial charge < -0.3 is 10.6 Å². The number of carbonyl (C=O) groups is 1. The Morgan fingerprint density at radius 2 is 1.84 bits per heavy atom. The standard InChI is InChI=1S/C19H19N5O/c1-2-14-6-8-15(9-7-14)22-18-11-10-17(23-24-18)19(25)21-13-16-5-3-4-12-20-16/h3-12H,2,13H2,1H3,(H,21,25)(H,22,24). The molecule has 6 nitrogen and oxygen atoms in total. The molecule has 2 heterocycles. The maximum atomic E-state index is 12.1. The van der Waals surface area contributed by atoms with Gasteiger partial charge in [0, 0.05) is 11.9 Å². The summed E-state index contributed by atoms with van der Waals surface area (Å²) in [5.74, 6) is 0.308. The highest BCUT2D eigenvalue weighted by Crippen LogP contribution is 2.15. The monoisotopic (exact) mass is 333 g/mol. The van der Waals surface area contributed by atoms with Crippen LogP contribution in [0.5, 0.6) is 0 Å². The summed E-state index contributed by atoms with van der Waals surface area (Å²) in [5, 5.41) is 14.0. The highest BCUT2D eigenvalue weighted by Gasteiger charge is 2.08. The van der Waals surface area contributed by atoms with Gasteiger partial charge in [0.15, 0.2) is 11.5 Å². The molecule has 1 aromatic carbocycles. The molecule has 0 saturated carbocycles. The van der Waals surface area contributed by atoms with Crippen molar-refractivity contribution in [2.75, 3.05) is 5.32 Å². The summed E-state index contributed by atoms with van der Waals surface area (Å²) in [4.78, 5) is 16.3. The third-order valence-electron chi connectivity index (χ3n) is 3.69. The minimum absolute atomic E-state index is 0.266. The zero-order chi connectivity index (χ0) is 17.5. The van der Waals surface area contributed by atoms with Crippen LogP contribution >= 0.6 is 0 Å². The molecule has 0 unspecified atom stereocenters. The van der Waals surface area contributed by atoms with Crippen molar-refractivity contribution >= 4 is 17.4 Å². The van der Waals surface area contributed by atoms with E-state index < -0.39 is 0 Å². The average molecular weight is 333 g/mol. The van der Waals surface area contributed by atoms with Crippen LogP contribution in [0, 0.1) is 0 Å². The molecule has 0 radical (unpaired) electrons. The molecule has 0 aliphatic rings. The van der Waals surface area contributed by atoms with Gasteiger partial charge in [0.1, 0.15) is 0 Å². The van der Waals surface area contributed by atoms with Crippen molar-refractivity contribution in [3.63, 3.8) is 0 Å². The first-order valence-corrected chi connectivity index (χ1v) is 8.12. The molecule has 2 aromatic heterocycles. The van der Waals surface area contributed by atoms with Crippen molar-refractivity contribution in [3.8, 4) is 0 Å². The predicted molar refractivity (Wildman–Crippen MR) is 96.5 cm³/mol. The van der Waals surface area contributed by atoms with Gasteiger partial charge in [0.2, 0.25) is 0 Å². The predicted octanol–water partition coefficient (Wildman–Crippen LogP) is 3.11. The van der Waals surface area contributed by atoms with Gasteiger partial charge in [0.05, 0.1) is 12.2 Å². The third-order valence-corrected chi connectivity index (χ3v) is 3.69. The van der Waals surface area contributed by atoms with E-state index >= 15 is 0 Å². The summed E-state index contributed by atoms with van der Waals surface area (Å²) in [6, 6.07) is 17.1. The quantitative estimate of drug-likeness (QED) is 0.724. The molecule has 1 amide bonds. The van der Waals surface area contributed by atoms with Crippen LogP contribution < -0.4 is 10.6 Å². The molecule has 3 rings (SSSR count). The van der Waals surface area contributed by atoms with E-state index in [4.69, 9.17) is 0 Å². The van der Waals surface area contributed by atoms with Crippen LogP contribution in [0.25, 0.3) is 0 Å². The highest BCUT2D eigenvalue weighted by atomic mass is 16.1. The lowest BCUT2D eigenvalue weighted by atomic mass is 10.1. The number of nitrogens with one attached hydrogen (secondary N) is 2. The first kappa shape index (κ1) is 16.6. The molecular weight excluding hydrogens is 314 g/mol. The van der Waals surface area contributed by atoms with E-state index in [-0.39, 0.29) is 11.6 Å². The number of aryl methyl sites for hydroxylation is 1. The van der Waals surface area contributed by atoms with Crippen molar-refractivity contribution < 1.29 is 4.79 Å². The summed E-state index contributed by atoms with van der Waals surface area (Å²) < 4.78 is 0. The number of nitrogens with zero attached hydrogens (tertiary/aromatic N) is 3. The van der Waals surface area contributed by atoms with Crippen molar-refractivity contribution in [2.45, 2.75) is 19.9 Å². The van der Waals surface area contributed by atoms with Crippen molar-refractivity contribution in [2.24, 2.45) is 0 Å². The van der Waals surface area contributed by atoms with Gasteiger partial charge >= 0.3 is 0 Å². The number of amides is 1. The Labute approximate surface area is 146 Å². The highest BCUT2D eigenvalue weighted by molar-refractivity contribution is 5.92. The van der Waals surface area contributed by atoms with Crippen molar-refractivity contribution in [1.82, 2.24) is 20.5 Å². The molecule has 126 valence electrons. The van der Waals surface area contributed by atoms with Crippen molar-refractivity contribution in [3.05, 3.63) is 77.7 Å². The number of pyridine rings is 1. The van der Waals surface area contributed by atoms with Crippen LogP contribution in [-0.4, -0.2) is 21.1 Å². The zero-order valence-electron chi connectivity index (χ0n) is 13.9. The molecule has 25 heavy (non-hydrogen) atoms. The molecular formula is C19H19N5O. The second kappa shape index (κ2) is 8.01. The largest absolute Gasteiger partial charge is 0.345 e. The smallest absolute Gasteiger partial charge is 0.272 e. The second-order valence-corrected chi connectivity index (χ2v) is 5.48. The Morgan fingerprint density at radius 1 is 1.00 bits per heavy atom. The normalized spacial score (nSPS) is 10.3. The van der Waals surface area contributed by atoms with Gasteiger partial charge in [-0.25, -0.2) is 0 Å². The maximum Gasteiger partial charge on any atom is 0.272 e. The van der Waals surface area contributed by atoms with Crippen LogP contribution in [0.2, 0.25) is 0 Å². The van der Waals surface area contributed by atoms with E-state index in [9.17, 15) is 4.79 Å². The number of rotatable bonds is 6.